The second-order valence-electron chi connectivity index (χ2n) is 8.27. The van der Waals surface area contributed by atoms with E-state index in [2.05, 4.69) is 21.2 Å². The minimum atomic E-state index is -0.580. The van der Waals surface area contributed by atoms with Crippen molar-refractivity contribution in [1.82, 2.24) is 10.2 Å². The molecule has 0 radical (unpaired) electrons. The first-order chi connectivity index (χ1) is 14.9. The maximum absolute atomic E-state index is 13.1. The summed E-state index contributed by atoms with van der Waals surface area (Å²) < 4.78 is 6.65. The van der Waals surface area contributed by atoms with Gasteiger partial charge in [0.1, 0.15) is 11.8 Å². The zero-order valence-corrected chi connectivity index (χ0v) is 19.9. The van der Waals surface area contributed by atoms with Crippen molar-refractivity contribution in [1.29, 1.82) is 0 Å². The Morgan fingerprint density at radius 1 is 1.13 bits per heavy atom. The lowest BCUT2D eigenvalue weighted by Crippen LogP contribution is -2.51. The van der Waals surface area contributed by atoms with E-state index in [9.17, 15) is 9.59 Å². The van der Waals surface area contributed by atoms with Crippen LogP contribution >= 0.6 is 15.9 Å². The minimum Gasteiger partial charge on any atom is -0.484 e. The molecule has 1 aliphatic rings. The molecule has 2 aromatic carbocycles. The summed E-state index contributed by atoms with van der Waals surface area (Å²) >= 11 is 3.39. The first kappa shape index (κ1) is 23.3. The number of rotatable bonds is 8. The average Bonchev–Trinajstić information content (AvgIpc) is 2.77. The first-order valence-electron chi connectivity index (χ1n) is 11.0. The summed E-state index contributed by atoms with van der Waals surface area (Å²) in [4.78, 5) is 27.7. The van der Waals surface area contributed by atoms with Crippen LogP contribution < -0.4 is 10.1 Å². The van der Waals surface area contributed by atoms with Crippen LogP contribution in [0.1, 0.15) is 50.2 Å². The molecule has 6 heteroatoms. The number of benzene rings is 2. The smallest absolute Gasteiger partial charge is 0.261 e. The molecule has 0 unspecified atom stereocenters. The molecule has 1 atom stereocenters. The van der Waals surface area contributed by atoms with Crippen molar-refractivity contribution < 1.29 is 14.3 Å². The normalized spacial score (nSPS) is 15.2. The Morgan fingerprint density at radius 3 is 2.52 bits per heavy atom. The van der Waals surface area contributed by atoms with Crippen LogP contribution in [0.4, 0.5) is 0 Å². The second-order valence-corrected chi connectivity index (χ2v) is 9.19. The Kier molecular flexibility index (Phi) is 8.52. The molecule has 166 valence electrons. The van der Waals surface area contributed by atoms with Gasteiger partial charge in [-0.15, -0.1) is 0 Å². The van der Waals surface area contributed by atoms with Gasteiger partial charge in [0, 0.05) is 17.1 Å². The second kappa shape index (κ2) is 11.3. The fourth-order valence-corrected chi connectivity index (χ4v) is 4.18. The van der Waals surface area contributed by atoms with Crippen LogP contribution in [0.15, 0.2) is 53.0 Å². The molecule has 2 aromatic rings. The molecule has 5 nitrogen and oxygen atoms in total. The van der Waals surface area contributed by atoms with Crippen LogP contribution in [-0.4, -0.2) is 35.4 Å². The number of hydrogen-bond donors (Lipinski definition) is 1. The van der Waals surface area contributed by atoms with Crippen molar-refractivity contribution in [3.05, 3.63) is 64.1 Å². The van der Waals surface area contributed by atoms with Crippen molar-refractivity contribution in [2.45, 2.75) is 64.6 Å². The van der Waals surface area contributed by atoms with Crippen molar-refractivity contribution in [2.24, 2.45) is 0 Å². The Morgan fingerprint density at radius 2 is 1.84 bits per heavy atom. The Bertz CT molecular complexity index is 879. The van der Waals surface area contributed by atoms with Gasteiger partial charge in [0.15, 0.2) is 6.61 Å². The molecule has 1 N–H and O–H groups in total. The standard InChI is InChI=1S/C25H31BrN2O3/c1-18-7-6-8-20(15-18)16-28(19(2)25(30)27-22-9-4-3-5-10-22)24(29)17-31-23-13-11-21(26)12-14-23/h6-8,11-15,19,22H,3-5,9-10,16-17H2,1-2H3,(H,27,30)/t19-/m0/s1. The summed E-state index contributed by atoms with van der Waals surface area (Å²) in [6.07, 6.45) is 5.54. The highest BCUT2D eigenvalue weighted by molar-refractivity contribution is 9.10. The number of halogens is 1. The van der Waals surface area contributed by atoms with E-state index < -0.39 is 6.04 Å². The number of nitrogens with one attached hydrogen (secondary N) is 1. The summed E-state index contributed by atoms with van der Waals surface area (Å²) in [5.41, 5.74) is 2.12. The zero-order valence-electron chi connectivity index (χ0n) is 18.3. The molecule has 31 heavy (non-hydrogen) atoms. The van der Waals surface area contributed by atoms with Crippen LogP contribution in [0.2, 0.25) is 0 Å². The Labute approximate surface area is 193 Å². The lowest BCUT2D eigenvalue weighted by atomic mass is 9.95. The molecule has 2 amide bonds. The minimum absolute atomic E-state index is 0.100. The average molecular weight is 487 g/mol. The van der Waals surface area contributed by atoms with Gasteiger partial charge in [0.05, 0.1) is 0 Å². The number of aryl methyl sites for hydroxylation is 1. The van der Waals surface area contributed by atoms with Crippen LogP contribution in [-0.2, 0) is 16.1 Å². The molecule has 3 rings (SSSR count). The fourth-order valence-electron chi connectivity index (χ4n) is 3.92. The maximum atomic E-state index is 13.1. The van der Waals surface area contributed by atoms with E-state index in [1.807, 2.05) is 55.5 Å². The molecular weight excluding hydrogens is 456 g/mol. The Hall–Kier alpha value is -2.34. The maximum Gasteiger partial charge on any atom is 0.261 e. The molecule has 0 saturated heterocycles. The van der Waals surface area contributed by atoms with Crippen LogP contribution in [0.5, 0.6) is 5.75 Å². The van der Waals surface area contributed by atoms with E-state index in [1.54, 1.807) is 11.8 Å². The molecule has 1 saturated carbocycles. The molecule has 1 aliphatic carbocycles. The van der Waals surface area contributed by atoms with E-state index in [0.29, 0.717) is 12.3 Å². The van der Waals surface area contributed by atoms with Gasteiger partial charge in [-0.25, -0.2) is 0 Å². The van der Waals surface area contributed by atoms with E-state index >= 15 is 0 Å². The molecule has 0 aliphatic heterocycles. The predicted octanol–water partition coefficient (Wildman–Crippen LogP) is 5.00. The van der Waals surface area contributed by atoms with E-state index in [0.717, 1.165) is 41.3 Å². The quantitative estimate of drug-likeness (QED) is 0.570. The highest BCUT2D eigenvalue weighted by Gasteiger charge is 2.28. The van der Waals surface area contributed by atoms with Crippen molar-refractivity contribution in [3.8, 4) is 5.75 Å². The van der Waals surface area contributed by atoms with Crippen LogP contribution in [0.3, 0.4) is 0 Å². The first-order valence-corrected chi connectivity index (χ1v) is 11.8. The van der Waals surface area contributed by atoms with Gasteiger partial charge in [-0.1, -0.05) is 65.0 Å². The van der Waals surface area contributed by atoms with Gasteiger partial charge in [-0.3, -0.25) is 9.59 Å². The SMILES string of the molecule is Cc1cccc(CN(C(=O)COc2ccc(Br)cc2)[C@@H](C)C(=O)NC2CCCCC2)c1. The number of ether oxygens (including phenoxy) is 1. The van der Waals surface area contributed by atoms with Crippen LogP contribution in [0, 0.1) is 6.92 Å². The zero-order chi connectivity index (χ0) is 22.2. The monoisotopic (exact) mass is 486 g/mol. The van der Waals surface area contributed by atoms with Gasteiger partial charge in [-0.2, -0.15) is 0 Å². The summed E-state index contributed by atoms with van der Waals surface area (Å²) in [5.74, 6) is 0.304. The van der Waals surface area contributed by atoms with Crippen LogP contribution in [0.25, 0.3) is 0 Å². The van der Waals surface area contributed by atoms with Gasteiger partial charge in [0.25, 0.3) is 5.91 Å². The number of nitrogens with zero attached hydrogens (tertiary/aromatic N) is 1. The number of amides is 2. The van der Waals surface area contributed by atoms with Crippen molar-refractivity contribution >= 4 is 27.7 Å². The van der Waals surface area contributed by atoms with Gasteiger partial charge in [0.2, 0.25) is 5.91 Å². The highest BCUT2D eigenvalue weighted by atomic mass is 79.9. The van der Waals surface area contributed by atoms with Crippen molar-refractivity contribution in [3.63, 3.8) is 0 Å². The van der Waals surface area contributed by atoms with E-state index in [1.165, 1.54) is 6.42 Å². The van der Waals surface area contributed by atoms with E-state index in [-0.39, 0.29) is 24.5 Å². The summed E-state index contributed by atoms with van der Waals surface area (Å²) in [7, 11) is 0. The summed E-state index contributed by atoms with van der Waals surface area (Å²) in [6.45, 7) is 4.06. The summed E-state index contributed by atoms with van der Waals surface area (Å²) in [5, 5.41) is 3.15. The molecule has 0 spiro atoms. The highest BCUT2D eigenvalue weighted by Crippen LogP contribution is 2.19. The lowest BCUT2D eigenvalue weighted by molar-refractivity contribution is -0.142. The molecule has 0 aromatic heterocycles. The third-order valence-corrected chi connectivity index (χ3v) is 6.26. The molecular formula is C25H31BrN2O3. The van der Waals surface area contributed by atoms with Crippen molar-refractivity contribution in [2.75, 3.05) is 6.61 Å². The number of hydrogen-bond acceptors (Lipinski definition) is 3. The van der Waals surface area contributed by atoms with Gasteiger partial charge in [-0.05, 0) is 56.5 Å². The Balaban J connectivity index is 1.70. The van der Waals surface area contributed by atoms with Gasteiger partial charge >= 0.3 is 0 Å². The van der Waals surface area contributed by atoms with Gasteiger partial charge < -0.3 is 15.0 Å². The topological polar surface area (TPSA) is 58.6 Å². The predicted molar refractivity (Wildman–Crippen MR) is 126 cm³/mol. The summed E-state index contributed by atoms with van der Waals surface area (Å²) in [6, 6.07) is 15.0. The molecule has 1 fully saturated rings. The largest absolute Gasteiger partial charge is 0.484 e. The van der Waals surface area contributed by atoms with E-state index in [4.69, 9.17) is 4.74 Å². The number of carbonyl (C=O) groups is 2. The fraction of sp³-hybridized carbons (Fsp3) is 0.440. The molecule has 0 heterocycles. The number of carbonyl (C=O) groups excluding carboxylic acids is 2. The third-order valence-electron chi connectivity index (χ3n) is 5.73. The third kappa shape index (κ3) is 7.10. The lowest BCUT2D eigenvalue weighted by Gasteiger charge is -2.31. The molecule has 0 bridgehead atoms.